The van der Waals surface area contributed by atoms with Crippen LogP contribution in [-0.2, 0) is 4.79 Å². The maximum Gasteiger partial charge on any atom is 0.323 e. The van der Waals surface area contributed by atoms with Gasteiger partial charge in [0, 0.05) is 12.2 Å². The number of hydrogen-bond donors (Lipinski definition) is 1. The van der Waals surface area contributed by atoms with E-state index < -0.39 is 5.97 Å². The lowest BCUT2D eigenvalue weighted by Gasteiger charge is -2.19. The molecule has 0 bridgehead atoms. The summed E-state index contributed by atoms with van der Waals surface area (Å²) in [5, 5.41) is 8.61. The highest BCUT2D eigenvalue weighted by Crippen LogP contribution is 2.13. The van der Waals surface area contributed by atoms with Gasteiger partial charge in [0.15, 0.2) is 0 Å². The van der Waals surface area contributed by atoms with Gasteiger partial charge in [0.05, 0.1) is 0 Å². The van der Waals surface area contributed by atoms with Gasteiger partial charge in [0.1, 0.15) is 6.54 Å². The van der Waals surface area contributed by atoms with Crippen LogP contribution in [0, 0.1) is 6.54 Å². The number of para-hydroxylation sites is 1. The highest BCUT2D eigenvalue weighted by Gasteiger charge is 2.07. The van der Waals surface area contributed by atoms with Crippen LogP contribution in [-0.4, -0.2) is 17.6 Å². The Labute approximate surface area is 77.6 Å². The van der Waals surface area contributed by atoms with Crippen LogP contribution in [0.25, 0.3) is 0 Å². The molecule has 3 nitrogen and oxygen atoms in total. The van der Waals surface area contributed by atoms with Gasteiger partial charge in [-0.1, -0.05) is 18.2 Å². The number of carboxylic acid groups (broad SMARTS) is 1. The SMILES string of the molecule is C[CH]N(CC(=O)O)c1ccccc1. The number of aliphatic carboxylic acids is 1. The van der Waals surface area contributed by atoms with Crippen LogP contribution in [0.4, 0.5) is 5.69 Å². The molecule has 1 rings (SSSR count). The lowest BCUT2D eigenvalue weighted by atomic mass is 10.3. The minimum Gasteiger partial charge on any atom is -0.480 e. The van der Waals surface area contributed by atoms with Crippen molar-refractivity contribution in [2.24, 2.45) is 0 Å². The quantitative estimate of drug-likeness (QED) is 0.763. The normalized spacial score (nSPS) is 9.62. The molecule has 0 saturated heterocycles. The fourth-order valence-corrected chi connectivity index (χ4v) is 1.10. The molecule has 0 spiro atoms. The fourth-order valence-electron chi connectivity index (χ4n) is 1.10. The Hall–Kier alpha value is -1.51. The summed E-state index contributed by atoms with van der Waals surface area (Å²) in [6, 6.07) is 9.42. The van der Waals surface area contributed by atoms with Gasteiger partial charge in [-0.05, 0) is 19.1 Å². The van der Waals surface area contributed by atoms with Gasteiger partial charge < -0.3 is 10.0 Å². The van der Waals surface area contributed by atoms with Gasteiger partial charge in [-0.15, -0.1) is 0 Å². The molecule has 0 aromatic heterocycles. The Morgan fingerprint density at radius 3 is 2.54 bits per heavy atom. The van der Waals surface area contributed by atoms with E-state index in [-0.39, 0.29) is 6.54 Å². The maximum atomic E-state index is 10.5. The summed E-state index contributed by atoms with van der Waals surface area (Å²) in [4.78, 5) is 12.2. The number of rotatable bonds is 4. The third-order valence-corrected chi connectivity index (χ3v) is 1.71. The summed E-state index contributed by atoms with van der Waals surface area (Å²) < 4.78 is 0. The van der Waals surface area contributed by atoms with Crippen molar-refractivity contribution >= 4 is 11.7 Å². The third-order valence-electron chi connectivity index (χ3n) is 1.71. The van der Waals surface area contributed by atoms with Gasteiger partial charge in [0.25, 0.3) is 0 Å². The van der Waals surface area contributed by atoms with Crippen molar-refractivity contribution in [1.29, 1.82) is 0 Å². The molecule has 0 aliphatic rings. The first kappa shape index (κ1) is 9.58. The lowest BCUT2D eigenvalue weighted by Crippen LogP contribution is -2.25. The summed E-state index contributed by atoms with van der Waals surface area (Å²) in [6.45, 7) is 3.57. The molecule has 13 heavy (non-hydrogen) atoms. The molecule has 69 valence electrons. The molecule has 1 N–H and O–H groups in total. The smallest absolute Gasteiger partial charge is 0.323 e. The number of carbonyl (C=O) groups is 1. The van der Waals surface area contributed by atoms with Crippen molar-refractivity contribution in [3.8, 4) is 0 Å². The van der Waals surface area contributed by atoms with Gasteiger partial charge in [-0.2, -0.15) is 0 Å². The monoisotopic (exact) mass is 178 g/mol. The Bertz CT molecular complexity index is 272. The fraction of sp³-hybridized carbons (Fsp3) is 0.200. The second kappa shape index (κ2) is 4.50. The molecule has 3 heteroatoms. The molecule has 1 aromatic rings. The number of nitrogens with zero attached hydrogens (tertiary/aromatic N) is 1. The minimum absolute atomic E-state index is 0.000509. The van der Waals surface area contributed by atoms with Gasteiger partial charge >= 0.3 is 5.97 Å². The van der Waals surface area contributed by atoms with E-state index in [1.165, 1.54) is 0 Å². The molecule has 0 saturated carbocycles. The summed E-state index contributed by atoms with van der Waals surface area (Å²) in [5.41, 5.74) is 0.896. The predicted octanol–water partition coefficient (Wildman–Crippen LogP) is 1.76. The van der Waals surface area contributed by atoms with Crippen molar-refractivity contribution < 1.29 is 9.90 Å². The highest BCUT2D eigenvalue weighted by molar-refractivity contribution is 5.74. The number of carboxylic acids is 1. The molecule has 0 aliphatic carbocycles. The van der Waals surface area contributed by atoms with E-state index in [2.05, 4.69) is 0 Å². The number of anilines is 1. The Kier molecular flexibility index (Phi) is 3.31. The van der Waals surface area contributed by atoms with Gasteiger partial charge in [-0.3, -0.25) is 4.79 Å². The highest BCUT2D eigenvalue weighted by atomic mass is 16.4. The van der Waals surface area contributed by atoms with E-state index in [1.54, 1.807) is 11.4 Å². The molecule has 1 aromatic carbocycles. The molecular formula is C10H12NO2. The zero-order valence-corrected chi connectivity index (χ0v) is 7.47. The Morgan fingerprint density at radius 2 is 2.08 bits per heavy atom. The van der Waals surface area contributed by atoms with Crippen LogP contribution >= 0.6 is 0 Å². The topological polar surface area (TPSA) is 40.5 Å². The summed E-state index contributed by atoms with van der Waals surface area (Å²) in [5.74, 6) is -0.832. The molecule has 0 aliphatic heterocycles. The van der Waals surface area contributed by atoms with E-state index in [0.29, 0.717) is 0 Å². The van der Waals surface area contributed by atoms with Crippen LogP contribution in [0.15, 0.2) is 30.3 Å². The largest absolute Gasteiger partial charge is 0.480 e. The van der Waals surface area contributed by atoms with Crippen molar-refractivity contribution in [2.45, 2.75) is 6.92 Å². The standard InChI is InChI=1S/C10H12NO2/c1-2-11(8-10(12)13)9-6-4-3-5-7-9/h2-7H,8H2,1H3,(H,12,13). The minimum atomic E-state index is -0.832. The first-order chi connectivity index (χ1) is 6.24. The van der Waals surface area contributed by atoms with E-state index in [4.69, 9.17) is 5.11 Å². The van der Waals surface area contributed by atoms with Crippen molar-refractivity contribution in [2.75, 3.05) is 11.4 Å². The maximum absolute atomic E-state index is 10.5. The van der Waals surface area contributed by atoms with Crippen LogP contribution < -0.4 is 4.90 Å². The van der Waals surface area contributed by atoms with E-state index in [1.807, 2.05) is 37.3 Å². The third kappa shape index (κ3) is 2.78. The summed E-state index contributed by atoms with van der Waals surface area (Å²) >= 11 is 0. The zero-order valence-electron chi connectivity index (χ0n) is 7.47. The molecule has 0 unspecified atom stereocenters. The summed E-state index contributed by atoms with van der Waals surface area (Å²) in [7, 11) is 0. The van der Waals surface area contributed by atoms with E-state index in [0.717, 1.165) is 5.69 Å². The second-order valence-electron chi connectivity index (χ2n) is 2.62. The molecule has 0 atom stereocenters. The van der Waals surface area contributed by atoms with Crippen LogP contribution in [0.5, 0.6) is 0 Å². The Morgan fingerprint density at radius 1 is 1.46 bits per heavy atom. The first-order valence-electron chi connectivity index (χ1n) is 4.07. The zero-order chi connectivity index (χ0) is 9.68. The van der Waals surface area contributed by atoms with Crippen LogP contribution in [0.2, 0.25) is 0 Å². The second-order valence-corrected chi connectivity index (χ2v) is 2.62. The van der Waals surface area contributed by atoms with E-state index >= 15 is 0 Å². The first-order valence-corrected chi connectivity index (χ1v) is 4.07. The Balaban J connectivity index is 2.73. The number of hydrogen-bond acceptors (Lipinski definition) is 2. The van der Waals surface area contributed by atoms with Crippen LogP contribution in [0.1, 0.15) is 6.92 Å². The summed E-state index contributed by atoms with van der Waals surface area (Å²) in [6.07, 6.45) is 0. The van der Waals surface area contributed by atoms with Crippen molar-refractivity contribution in [1.82, 2.24) is 0 Å². The average molecular weight is 178 g/mol. The molecule has 0 amide bonds. The molecular weight excluding hydrogens is 166 g/mol. The van der Waals surface area contributed by atoms with Crippen molar-refractivity contribution in [3.63, 3.8) is 0 Å². The van der Waals surface area contributed by atoms with Gasteiger partial charge in [-0.25, -0.2) is 0 Å². The van der Waals surface area contributed by atoms with Crippen molar-refractivity contribution in [3.05, 3.63) is 36.9 Å². The predicted molar refractivity (Wildman–Crippen MR) is 51.4 cm³/mol. The van der Waals surface area contributed by atoms with Crippen LogP contribution in [0.3, 0.4) is 0 Å². The molecule has 1 radical (unpaired) electrons. The number of benzene rings is 1. The molecule has 0 fully saturated rings. The molecule has 0 heterocycles. The van der Waals surface area contributed by atoms with Gasteiger partial charge in [0.2, 0.25) is 0 Å². The average Bonchev–Trinajstić information content (AvgIpc) is 2.15. The lowest BCUT2D eigenvalue weighted by molar-refractivity contribution is -0.135. The van der Waals surface area contributed by atoms with E-state index in [9.17, 15) is 4.79 Å².